The number of aromatic nitrogens is 1. The number of rotatable bonds is 4. The van der Waals surface area contributed by atoms with E-state index in [1.807, 2.05) is 0 Å². The van der Waals surface area contributed by atoms with Crippen molar-refractivity contribution < 1.29 is 14.7 Å². The first-order chi connectivity index (χ1) is 7.52. The number of carboxylic acids is 1. The van der Waals surface area contributed by atoms with E-state index in [1.54, 1.807) is 31.5 Å². The third-order valence-electron chi connectivity index (χ3n) is 2.30. The van der Waals surface area contributed by atoms with Crippen molar-refractivity contribution in [2.75, 3.05) is 13.6 Å². The molecule has 0 saturated carbocycles. The summed E-state index contributed by atoms with van der Waals surface area (Å²) < 4.78 is 0. The van der Waals surface area contributed by atoms with Crippen LogP contribution in [-0.2, 0) is 9.59 Å². The van der Waals surface area contributed by atoms with Gasteiger partial charge in [-0.1, -0.05) is 6.07 Å². The van der Waals surface area contributed by atoms with Crippen LogP contribution in [0.15, 0.2) is 24.5 Å². The van der Waals surface area contributed by atoms with Crippen molar-refractivity contribution in [3.63, 3.8) is 0 Å². The Labute approximate surface area is 93.7 Å². The fraction of sp³-hybridized carbons (Fsp3) is 0.364. The van der Waals surface area contributed by atoms with Crippen molar-refractivity contribution in [3.8, 4) is 0 Å². The first-order valence-electron chi connectivity index (χ1n) is 4.89. The summed E-state index contributed by atoms with van der Waals surface area (Å²) in [4.78, 5) is 27.4. The Balaban J connectivity index is 2.71. The number of carboxylic acid groups (broad SMARTS) is 1. The Hall–Kier alpha value is -1.91. The zero-order valence-electron chi connectivity index (χ0n) is 9.25. The SMILES string of the molecule is CC(C(=O)N(C)CC(=O)O)c1cccnc1. The lowest BCUT2D eigenvalue weighted by Crippen LogP contribution is -2.34. The van der Waals surface area contributed by atoms with Gasteiger partial charge in [0.1, 0.15) is 6.54 Å². The predicted molar refractivity (Wildman–Crippen MR) is 57.9 cm³/mol. The Bertz CT molecular complexity index is 378. The van der Waals surface area contributed by atoms with Crippen LogP contribution in [0.4, 0.5) is 0 Å². The highest BCUT2D eigenvalue weighted by atomic mass is 16.4. The molecule has 1 aromatic heterocycles. The maximum absolute atomic E-state index is 11.8. The van der Waals surface area contributed by atoms with Gasteiger partial charge >= 0.3 is 5.97 Å². The first kappa shape index (κ1) is 12.2. The summed E-state index contributed by atoms with van der Waals surface area (Å²) >= 11 is 0. The zero-order valence-corrected chi connectivity index (χ0v) is 9.25. The summed E-state index contributed by atoms with van der Waals surface area (Å²) in [6.45, 7) is 1.45. The van der Waals surface area contributed by atoms with Crippen LogP contribution in [0, 0.1) is 0 Å². The van der Waals surface area contributed by atoms with E-state index in [1.165, 1.54) is 11.9 Å². The number of amides is 1. The maximum Gasteiger partial charge on any atom is 0.323 e. The topological polar surface area (TPSA) is 70.5 Å². The van der Waals surface area contributed by atoms with E-state index in [9.17, 15) is 9.59 Å². The van der Waals surface area contributed by atoms with E-state index < -0.39 is 5.97 Å². The monoisotopic (exact) mass is 222 g/mol. The molecule has 1 aromatic rings. The smallest absolute Gasteiger partial charge is 0.323 e. The molecule has 0 fully saturated rings. The molecule has 1 N–H and O–H groups in total. The van der Waals surface area contributed by atoms with Crippen LogP contribution in [0.1, 0.15) is 18.4 Å². The fourth-order valence-corrected chi connectivity index (χ4v) is 1.39. The van der Waals surface area contributed by atoms with Gasteiger partial charge in [-0.25, -0.2) is 0 Å². The van der Waals surface area contributed by atoms with Gasteiger partial charge in [0, 0.05) is 19.4 Å². The van der Waals surface area contributed by atoms with Gasteiger partial charge in [0.2, 0.25) is 5.91 Å². The Morgan fingerprint density at radius 2 is 2.25 bits per heavy atom. The molecule has 16 heavy (non-hydrogen) atoms. The summed E-state index contributed by atoms with van der Waals surface area (Å²) in [5.41, 5.74) is 0.782. The van der Waals surface area contributed by atoms with Crippen molar-refractivity contribution in [2.24, 2.45) is 0 Å². The van der Waals surface area contributed by atoms with Gasteiger partial charge in [-0.05, 0) is 18.6 Å². The molecular weight excluding hydrogens is 208 g/mol. The molecule has 5 nitrogen and oxygen atoms in total. The van der Waals surface area contributed by atoms with Crippen molar-refractivity contribution >= 4 is 11.9 Å². The van der Waals surface area contributed by atoms with E-state index in [2.05, 4.69) is 4.98 Å². The lowest BCUT2D eigenvalue weighted by atomic mass is 10.0. The van der Waals surface area contributed by atoms with Gasteiger partial charge < -0.3 is 10.0 Å². The largest absolute Gasteiger partial charge is 0.480 e. The van der Waals surface area contributed by atoms with Gasteiger partial charge in [-0.3, -0.25) is 14.6 Å². The van der Waals surface area contributed by atoms with Crippen LogP contribution in [-0.4, -0.2) is 40.5 Å². The van der Waals surface area contributed by atoms with Crippen molar-refractivity contribution in [1.82, 2.24) is 9.88 Å². The number of hydrogen-bond acceptors (Lipinski definition) is 3. The van der Waals surface area contributed by atoms with Crippen LogP contribution in [0.25, 0.3) is 0 Å². The Morgan fingerprint density at radius 1 is 1.56 bits per heavy atom. The molecule has 0 aliphatic carbocycles. The third kappa shape index (κ3) is 3.05. The van der Waals surface area contributed by atoms with Crippen LogP contribution >= 0.6 is 0 Å². The molecule has 1 atom stereocenters. The molecule has 0 aliphatic heterocycles. The number of hydrogen-bond donors (Lipinski definition) is 1. The van der Waals surface area contributed by atoms with Crippen LogP contribution in [0.2, 0.25) is 0 Å². The van der Waals surface area contributed by atoms with Crippen molar-refractivity contribution in [2.45, 2.75) is 12.8 Å². The van der Waals surface area contributed by atoms with E-state index in [0.717, 1.165) is 5.56 Å². The minimum Gasteiger partial charge on any atom is -0.480 e. The van der Waals surface area contributed by atoms with Gasteiger partial charge in [-0.2, -0.15) is 0 Å². The van der Waals surface area contributed by atoms with Crippen molar-refractivity contribution in [1.29, 1.82) is 0 Å². The zero-order chi connectivity index (χ0) is 12.1. The normalized spacial score (nSPS) is 11.9. The van der Waals surface area contributed by atoms with Gasteiger partial charge in [-0.15, -0.1) is 0 Å². The number of carbonyl (C=O) groups is 2. The summed E-state index contributed by atoms with van der Waals surface area (Å²) in [6.07, 6.45) is 3.23. The molecule has 0 aromatic carbocycles. The van der Waals surface area contributed by atoms with E-state index in [0.29, 0.717) is 0 Å². The summed E-state index contributed by atoms with van der Waals surface area (Å²) in [7, 11) is 1.48. The maximum atomic E-state index is 11.8. The second-order valence-corrected chi connectivity index (χ2v) is 3.60. The second kappa shape index (κ2) is 5.25. The molecule has 0 saturated heterocycles. The molecule has 1 heterocycles. The molecule has 1 amide bonds. The molecular formula is C11H14N2O3. The van der Waals surface area contributed by atoms with Crippen LogP contribution < -0.4 is 0 Å². The third-order valence-corrected chi connectivity index (χ3v) is 2.30. The Morgan fingerprint density at radius 3 is 2.75 bits per heavy atom. The molecule has 0 aliphatic rings. The van der Waals surface area contributed by atoms with Gasteiger partial charge in [0.05, 0.1) is 5.92 Å². The van der Waals surface area contributed by atoms with Crippen molar-refractivity contribution in [3.05, 3.63) is 30.1 Å². The quantitative estimate of drug-likeness (QED) is 0.815. The standard InChI is InChI=1S/C11H14N2O3/c1-8(9-4-3-5-12-6-9)11(16)13(2)7-10(14)15/h3-6,8H,7H2,1-2H3,(H,14,15). The lowest BCUT2D eigenvalue weighted by Gasteiger charge is -2.19. The molecule has 86 valence electrons. The van der Waals surface area contributed by atoms with E-state index >= 15 is 0 Å². The van der Waals surface area contributed by atoms with Crippen LogP contribution in [0.3, 0.4) is 0 Å². The van der Waals surface area contributed by atoms with E-state index in [-0.39, 0.29) is 18.4 Å². The summed E-state index contributed by atoms with van der Waals surface area (Å²) in [6, 6.07) is 3.54. The molecule has 1 rings (SSSR count). The molecule has 0 bridgehead atoms. The molecule has 0 spiro atoms. The van der Waals surface area contributed by atoms with Gasteiger partial charge in [0.15, 0.2) is 0 Å². The van der Waals surface area contributed by atoms with Gasteiger partial charge in [0.25, 0.3) is 0 Å². The highest BCUT2D eigenvalue weighted by molar-refractivity contribution is 5.86. The minimum atomic E-state index is -1.02. The number of nitrogens with zero attached hydrogens (tertiary/aromatic N) is 2. The number of pyridine rings is 1. The molecule has 1 unspecified atom stereocenters. The highest BCUT2D eigenvalue weighted by Crippen LogP contribution is 2.15. The number of aliphatic carboxylic acids is 1. The summed E-state index contributed by atoms with van der Waals surface area (Å²) in [5, 5.41) is 8.58. The Kier molecular flexibility index (Phi) is 3.99. The number of likely N-dealkylation sites (N-methyl/N-ethyl adjacent to an activating group) is 1. The second-order valence-electron chi connectivity index (χ2n) is 3.60. The first-order valence-corrected chi connectivity index (χ1v) is 4.89. The minimum absolute atomic E-state index is 0.226. The van der Waals surface area contributed by atoms with E-state index in [4.69, 9.17) is 5.11 Å². The molecule has 0 radical (unpaired) electrons. The highest BCUT2D eigenvalue weighted by Gasteiger charge is 2.20. The fourth-order valence-electron chi connectivity index (χ4n) is 1.39. The average Bonchev–Trinajstić information content (AvgIpc) is 2.27. The number of carbonyl (C=O) groups excluding carboxylic acids is 1. The predicted octanol–water partition coefficient (Wildman–Crippen LogP) is 0.728. The summed E-state index contributed by atoms with van der Waals surface area (Å²) in [5.74, 6) is -1.62. The van der Waals surface area contributed by atoms with Crippen LogP contribution in [0.5, 0.6) is 0 Å². The lowest BCUT2D eigenvalue weighted by molar-refractivity contribution is -0.143. The molecule has 5 heteroatoms. The average molecular weight is 222 g/mol.